The summed E-state index contributed by atoms with van der Waals surface area (Å²) >= 11 is 0. The molecule has 43 heavy (non-hydrogen) atoms. The van der Waals surface area contributed by atoms with Crippen LogP contribution in [0.25, 0.3) is 0 Å². The number of sulfonamides is 1. The minimum absolute atomic E-state index is 0.0102. The molecule has 2 aromatic carbocycles. The third-order valence-electron chi connectivity index (χ3n) is 7.15. The van der Waals surface area contributed by atoms with Gasteiger partial charge in [0.25, 0.3) is 0 Å². The Morgan fingerprint density at radius 1 is 0.977 bits per heavy atom. The molecule has 4 atom stereocenters. The number of ether oxygens (including phenoxy) is 2. The van der Waals surface area contributed by atoms with E-state index in [0.29, 0.717) is 24.3 Å². The van der Waals surface area contributed by atoms with Gasteiger partial charge in [0.15, 0.2) is 11.5 Å². The van der Waals surface area contributed by atoms with E-state index in [-0.39, 0.29) is 30.7 Å². The lowest BCUT2D eigenvalue weighted by molar-refractivity contribution is -0.133. The first-order valence-corrected chi connectivity index (χ1v) is 16.0. The lowest BCUT2D eigenvalue weighted by atomic mass is 9.85. The highest BCUT2D eigenvalue weighted by Gasteiger charge is 2.37. The number of fused-ring (bicyclic) bond motifs is 1. The molecule has 11 nitrogen and oxygen atoms in total. The van der Waals surface area contributed by atoms with Gasteiger partial charge in [0, 0.05) is 19.2 Å². The van der Waals surface area contributed by atoms with Crippen molar-refractivity contribution in [2.24, 2.45) is 17.1 Å². The number of carbonyl (C=O) groups excluding carboxylic acids is 2. The minimum atomic E-state index is -4.05. The molecule has 2 aromatic rings. The fourth-order valence-electron chi connectivity index (χ4n) is 4.74. The fraction of sp³-hybridized carbons (Fsp3) is 0.548. The molecule has 0 saturated heterocycles. The van der Waals surface area contributed by atoms with Crippen molar-refractivity contribution in [3.63, 3.8) is 0 Å². The van der Waals surface area contributed by atoms with E-state index in [0.717, 1.165) is 5.56 Å². The van der Waals surface area contributed by atoms with Gasteiger partial charge >= 0.3 is 0 Å². The predicted octanol–water partition coefficient (Wildman–Crippen LogP) is 2.42. The maximum atomic E-state index is 13.8. The highest BCUT2D eigenvalue weighted by atomic mass is 32.2. The topological polar surface area (TPSA) is 160 Å². The van der Waals surface area contributed by atoms with Crippen LogP contribution < -0.4 is 25.8 Å². The lowest BCUT2D eigenvalue weighted by Crippen LogP contribution is -2.59. The first-order valence-electron chi connectivity index (χ1n) is 14.6. The zero-order valence-corrected chi connectivity index (χ0v) is 26.7. The number of nitrogens with zero attached hydrogens (tertiary/aromatic N) is 1. The van der Waals surface area contributed by atoms with Gasteiger partial charge in [0.05, 0.1) is 23.1 Å². The Balaban J connectivity index is 1.89. The molecule has 0 spiro atoms. The van der Waals surface area contributed by atoms with Crippen molar-refractivity contribution >= 4 is 21.8 Å². The Bertz CT molecular complexity index is 1340. The van der Waals surface area contributed by atoms with Crippen LogP contribution in [0.15, 0.2) is 53.4 Å². The summed E-state index contributed by atoms with van der Waals surface area (Å²) in [5.74, 6) is -0.224. The second-order valence-electron chi connectivity index (χ2n) is 12.5. The quantitative estimate of drug-likeness (QED) is 0.251. The molecule has 238 valence electrons. The molecular formula is C31H46N4O7S. The van der Waals surface area contributed by atoms with Crippen molar-refractivity contribution in [3.8, 4) is 11.5 Å². The number of benzene rings is 2. The van der Waals surface area contributed by atoms with Crippen LogP contribution in [0.2, 0.25) is 0 Å². The maximum Gasteiger partial charge on any atom is 0.243 e. The highest BCUT2D eigenvalue weighted by molar-refractivity contribution is 7.89. The van der Waals surface area contributed by atoms with Gasteiger partial charge in [0.1, 0.15) is 6.04 Å². The van der Waals surface area contributed by atoms with Crippen LogP contribution in [-0.4, -0.2) is 73.8 Å². The first kappa shape index (κ1) is 34.3. The van der Waals surface area contributed by atoms with E-state index in [1.807, 2.05) is 65.0 Å². The lowest BCUT2D eigenvalue weighted by Gasteiger charge is -2.35. The first-order chi connectivity index (χ1) is 20.1. The summed E-state index contributed by atoms with van der Waals surface area (Å²) in [6, 6.07) is 11.4. The van der Waals surface area contributed by atoms with Gasteiger partial charge in [-0.05, 0) is 48.8 Å². The number of aliphatic hydroxyl groups is 1. The van der Waals surface area contributed by atoms with Crippen molar-refractivity contribution in [3.05, 3.63) is 54.1 Å². The number of nitrogens with one attached hydrogen (secondary N) is 2. The number of amides is 2. The number of hydrogen-bond donors (Lipinski definition) is 4. The van der Waals surface area contributed by atoms with Gasteiger partial charge in [0.2, 0.25) is 28.6 Å². The van der Waals surface area contributed by atoms with Crippen molar-refractivity contribution < 1.29 is 32.6 Å². The van der Waals surface area contributed by atoms with Crippen LogP contribution in [0, 0.1) is 11.3 Å². The maximum absolute atomic E-state index is 13.8. The summed E-state index contributed by atoms with van der Waals surface area (Å²) in [4.78, 5) is 26.1. The van der Waals surface area contributed by atoms with Crippen LogP contribution in [-0.2, 0) is 26.0 Å². The zero-order chi connectivity index (χ0) is 31.9. The molecule has 0 unspecified atom stereocenters. The van der Waals surface area contributed by atoms with Gasteiger partial charge in [-0.3, -0.25) is 9.59 Å². The van der Waals surface area contributed by atoms with Crippen LogP contribution in [0.1, 0.15) is 53.5 Å². The van der Waals surface area contributed by atoms with Crippen molar-refractivity contribution in [2.45, 2.75) is 83.5 Å². The predicted molar refractivity (Wildman–Crippen MR) is 164 cm³/mol. The molecule has 0 saturated carbocycles. The molecule has 3 rings (SSSR count). The molecule has 1 aliphatic rings. The van der Waals surface area contributed by atoms with Crippen LogP contribution >= 0.6 is 0 Å². The van der Waals surface area contributed by atoms with E-state index in [2.05, 4.69) is 10.6 Å². The van der Waals surface area contributed by atoms with Crippen molar-refractivity contribution in [1.82, 2.24) is 14.9 Å². The Morgan fingerprint density at radius 2 is 1.63 bits per heavy atom. The smallest absolute Gasteiger partial charge is 0.243 e. The van der Waals surface area contributed by atoms with Gasteiger partial charge < -0.3 is 30.9 Å². The van der Waals surface area contributed by atoms with Crippen LogP contribution in [0.4, 0.5) is 0 Å². The molecule has 5 N–H and O–H groups in total. The van der Waals surface area contributed by atoms with Crippen LogP contribution in [0.5, 0.6) is 11.5 Å². The van der Waals surface area contributed by atoms with Gasteiger partial charge in [-0.2, -0.15) is 4.31 Å². The molecule has 0 bridgehead atoms. The Labute approximate surface area is 255 Å². The number of nitrogens with two attached hydrogens (primary N) is 1. The monoisotopic (exact) mass is 618 g/mol. The van der Waals surface area contributed by atoms with E-state index < -0.39 is 51.5 Å². The van der Waals surface area contributed by atoms with E-state index >= 15 is 0 Å². The molecule has 2 amide bonds. The molecule has 12 heteroatoms. The summed E-state index contributed by atoms with van der Waals surface area (Å²) in [6.07, 6.45) is -0.414. The standard InChI is InChI=1S/C31H46N4O7S/c1-20(2)17-35(43(39,40)23-13-15-26-27(16-23)42-19-41-26)18-25(36)24(14-12-22-10-8-7-9-11-22)33-30(38)28(31(4,5)6)34-29(37)21(3)32/h7-11,13,15-16,20-21,24-25,28,36H,12,14,17-19,32H2,1-6H3,(H,33,38)(H,34,37)/t21-,24-,25+,28+/m0/s1. The SMILES string of the molecule is CC(C)CN(C[C@@H](O)[C@H](CCc1ccccc1)NC(=O)[C@@H](NC(=O)[C@H](C)N)C(C)(C)C)S(=O)(=O)c1ccc2c(c1)OCO2. The van der Waals surface area contributed by atoms with Crippen LogP contribution in [0.3, 0.4) is 0 Å². The Hall–Kier alpha value is -3.19. The Kier molecular flexibility index (Phi) is 11.6. The van der Waals surface area contributed by atoms with E-state index in [4.69, 9.17) is 15.2 Å². The van der Waals surface area contributed by atoms with E-state index in [9.17, 15) is 23.1 Å². The van der Waals surface area contributed by atoms with E-state index in [1.54, 1.807) is 6.07 Å². The average Bonchev–Trinajstić information content (AvgIpc) is 3.41. The normalized spacial score (nSPS) is 16.0. The summed E-state index contributed by atoms with van der Waals surface area (Å²) in [6.45, 7) is 10.6. The second-order valence-corrected chi connectivity index (χ2v) is 14.5. The summed E-state index contributed by atoms with van der Waals surface area (Å²) < 4.78 is 39.6. The average molecular weight is 619 g/mol. The largest absolute Gasteiger partial charge is 0.454 e. The third-order valence-corrected chi connectivity index (χ3v) is 8.98. The molecule has 0 radical (unpaired) electrons. The summed E-state index contributed by atoms with van der Waals surface area (Å²) in [5.41, 5.74) is 6.07. The summed E-state index contributed by atoms with van der Waals surface area (Å²) in [5, 5.41) is 17.2. The number of hydrogen-bond acceptors (Lipinski definition) is 8. The fourth-order valence-corrected chi connectivity index (χ4v) is 6.38. The second kappa shape index (κ2) is 14.5. The van der Waals surface area contributed by atoms with Gasteiger partial charge in [-0.1, -0.05) is 65.0 Å². The van der Waals surface area contributed by atoms with Crippen molar-refractivity contribution in [2.75, 3.05) is 19.9 Å². The highest BCUT2D eigenvalue weighted by Crippen LogP contribution is 2.35. The minimum Gasteiger partial charge on any atom is -0.454 e. The number of carbonyl (C=O) groups is 2. The molecule has 0 aliphatic carbocycles. The summed E-state index contributed by atoms with van der Waals surface area (Å²) in [7, 11) is -4.05. The van der Waals surface area contributed by atoms with Gasteiger partial charge in [-0.15, -0.1) is 0 Å². The molecular weight excluding hydrogens is 572 g/mol. The number of rotatable bonds is 14. The molecule has 0 aromatic heterocycles. The van der Waals surface area contributed by atoms with Crippen molar-refractivity contribution in [1.29, 1.82) is 0 Å². The van der Waals surface area contributed by atoms with E-state index in [1.165, 1.54) is 23.4 Å². The zero-order valence-electron chi connectivity index (χ0n) is 25.9. The number of aliphatic hydroxyl groups excluding tert-OH is 1. The third kappa shape index (κ3) is 9.40. The molecule has 0 fully saturated rings. The Morgan fingerprint density at radius 3 is 2.23 bits per heavy atom. The molecule has 1 heterocycles. The number of aryl methyl sites for hydroxylation is 1. The van der Waals surface area contributed by atoms with Gasteiger partial charge in [-0.25, -0.2) is 8.42 Å². The molecule has 1 aliphatic heterocycles.